The van der Waals surface area contributed by atoms with Crippen LogP contribution in [0.3, 0.4) is 0 Å². The minimum Gasteiger partial charge on any atom is -0.362 e. The second kappa shape index (κ2) is 10.9. The quantitative estimate of drug-likeness (QED) is 0.319. The maximum atomic E-state index is 13.5. The highest BCUT2D eigenvalue weighted by Crippen LogP contribution is 2.25. The number of amides is 1. The summed E-state index contributed by atoms with van der Waals surface area (Å²) in [6, 6.07) is 6.61. The highest BCUT2D eigenvalue weighted by atomic mass is 35.5. The maximum Gasteiger partial charge on any atom is 0.267 e. The molecule has 2 aromatic rings. The summed E-state index contributed by atoms with van der Waals surface area (Å²) in [7, 11) is 0. The fourth-order valence-corrected chi connectivity index (χ4v) is 3.04. The Balaban J connectivity index is 0.00000196. The number of hydrogen-bond acceptors (Lipinski definition) is 6. The Morgan fingerprint density at radius 3 is 2.75 bits per heavy atom. The Morgan fingerprint density at radius 1 is 1.32 bits per heavy atom. The first-order chi connectivity index (χ1) is 12.6. The first kappa shape index (κ1) is 23.8. The van der Waals surface area contributed by atoms with Crippen LogP contribution >= 0.6 is 24.8 Å². The van der Waals surface area contributed by atoms with E-state index in [4.69, 9.17) is 5.21 Å². The summed E-state index contributed by atoms with van der Waals surface area (Å²) in [4.78, 5) is 19.5. The van der Waals surface area contributed by atoms with E-state index in [-0.39, 0.29) is 36.2 Å². The summed E-state index contributed by atoms with van der Waals surface area (Å²) in [6.07, 6.45) is 7.26. The van der Waals surface area contributed by atoms with Crippen LogP contribution in [-0.4, -0.2) is 39.7 Å². The molecule has 1 amide bonds. The van der Waals surface area contributed by atoms with Crippen molar-refractivity contribution >= 4 is 42.6 Å². The molecule has 7 nitrogen and oxygen atoms in total. The third kappa shape index (κ3) is 6.42. The molecule has 0 saturated carbocycles. The van der Waals surface area contributed by atoms with Gasteiger partial charge in [0.15, 0.2) is 0 Å². The van der Waals surface area contributed by atoms with Crippen molar-refractivity contribution in [1.29, 1.82) is 0 Å². The number of halogens is 3. The second-order valence-corrected chi connectivity index (χ2v) is 6.27. The van der Waals surface area contributed by atoms with Gasteiger partial charge in [-0.25, -0.2) is 14.9 Å². The van der Waals surface area contributed by atoms with Gasteiger partial charge in [-0.2, -0.15) is 0 Å². The molecule has 0 radical (unpaired) electrons. The lowest BCUT2D eigenvalue weighted by Crippen LogP contribution is -2.43. The fourth-order valence-electron chi connectivity index (χ4n) is 3.04. The van der Waals surface area contributed by atoms with Crippen molar-refractivity contribution in [1.82, 2.24) is 20.8 Å². The number of rotatable bonds is 6. The molecule has 0 bridgehead atoms. The lowest BCUT2D eigenvalue weighted by molar-refractivity contribution is -0.124. The molecule has 0 spiro atoms. The molecule has 1 fully saturated rings. The zero-order valence-electron chi connectivity index (χ0n) is 14.9. The van der Waals surface area contributed by atoms with Crippen molar-refractivity contribution in [3.63, 3.8) is 0 Å². The van der Waals surface area contributed by atoms with Crippen LogP contribution in [0.1, 0.15) is 17.7 Å². The maximum absolute atomic E-state index is 13.5. The average Bonchev–Trinajstić information content (AvgIpc) is 3.08. The SMILES string of the molecule is Cl.Cl.O=C(/C=C/c1cnc(N[C@]2(Cc3cccc(F)c3)CCNC2)cn1)NO. The first-order valence-electron chi connectivity index (χ1n) is 8.26. The van der Waals surface area contributed by atoms with Crippen molar-refractivity contribution in [2.24, 2.45) is 0 Å². The summed E-state index contributed by atoms with van der Waals surface area (Å²) in [6.45, 7) is 1.61. The van der Waals surface area contributed by atoms with Gasteiger partial charge in [0, 0.05) is 12.6 Å². The summed E-state index contributed by atoms with van der Waals surface area (Å²) in [5, 5.41) is 15.2. The number of carbonyl (C=O) groups excluding carboxylic acids is 1. The van der Waals surface area contributed by atoms with Crippen LogP contribution in [0.5, 0.6) is 0 Å². The summed E-state index contributed by atoms with van der Waals surface area (Å²) < 4.78 is 13.5. The van der Waals surface area contributed by atoms with Gasteiger partial charge in [-0.15, -0.1) is 24.8 Å². The molecule has 1 saturated heterocycles. The zero-order chi connectivity index (χ0) is 18.4. The number of nitrogens with zero attached hydrogens (tertiary/aromatic N) is 2. The van der Waals surface area contributed by atoms with E-state index in [1.165, 1.54) is 23.8 Å². The molecule has 1 aromatic carbocycles. The summed E-state index contributed by atoms with van der Waals surface area (Å²) in [5.74, 6) is -0.277. The van der Waals surface area contributed by atoms with Gasteiger partial charge in [0.2, 0.25) is 0 Å². The van der Waals surface area contributed by atoms with Gasteiger partial charge < -0.3 is 10.6 Å². The molecule has 1 aliphatic rings. The van der Waals surface area contributed by atoms with Crippen LogP contribution in [0.2, 0.25) is 0 Å². The van der Waals surface area contributed by atoms with E-state index >= 15 is 0 Å². The van der Waals surface area contributed by atoms with Crippen molar-refractivity contribution < 1.29 is 14.4 Å². The number of nitrogens with one attached hydrogen (secondary N) is 3. The number of benzene rings is 1. The van der Waals surface area contributed by atoms with Crippen LogP contribution in [0.15, 0.2) is 42.7 Å². The van der Waals surface area contributed by atoms with Gasteiger partial charge in [0.25, 0.3) is 5.91 Å². The summed E-state index contributed by atoms with van der Waals surface area (Å²) in [5.41, 5.74) is 2.65. The summed E-state index contributed by atoms with van der Waals surface area (Å²) >= 11 is 0. The molecular weight excluding hydrogens is 408 g/mol. The Hall–Kier alpha value is -2.26. The van der Waals surface area contributed by atoms with E-state index < -0.39 is 5.91 Å². The molecule has 1 atom stereocenters. The van der Waals surface area contributed by atoms with Gasteiger partial charge in [-0.05, 0) is 43.2 Å². The molecule has 152 valence electrons. The Kier molecular flexibility index (Phi) is 9.27. The van der Waals surface area contributed by atoms with Crippen molar-refractivity contribution in [3.05, 3.63) is 59.8 Å². The van der Waals surface area contributed by atoms with Crippen molar-refractivity contribution in [3.8, 4) is 0 Å². The molecular formula is C18H22Cl2FN5O2. The minimum absolute atomic E-state index is 0. The lowest BCUT2D eigenvalue weighted by atomic mass is 9.90. The molecule has 4 N–H and O–H groups in total. The predicted octanol–water partition coefficient (Wildman–Crippen LogP) is 2.36. The topological polar surface area (TPSA) is 99.2 Å². The van der Waals surface area contributed by atoms with E-state index in [2.05, 4.69) is 20.6 Å². The third-order valence-corrected chi connectivity index (χ3v) is 4.26. The second-order valence-electron chi connectivity index (χ2n) is 6.27. The molecule has 10 heteroatoms. The number of hydroxylamine groups is 1. The van der Waals surface area contributed by atoms with Crippen LogP contribution in [0, 0.1) is 5.82 Å². The highest BCUT2D eigenvalue weighted by Gasteiger charge is 2.34. The molecule has 2 heterocycles. The van der Waals surface area contributed by atoms with Crippen molar-refractivity contribution in [2.45, 2.75) is 18.4 Å². The average molecular weight is 430 g/mol. The molecule has 1 aliphatic heterocycles. The van der Waals surface area contributed by atoms with E-state index in [0.717, 1.165) is 31.1 Å². The fraction of sp³-hybridized carbons (Fsp3) is 0.278. The van der Waals surface area contributed by atoms with Crippen LogP contribution < -0.4 is 16.1 Å². The molecule has 0 unspecified atom stereocenters. The standard InChI is InChI=1S/C18H20FN5O2.2ClH/c19-14-3-1-2-13(8-14)9-18(6-7-20-12-18)23-16-11-21-15(10-22-16)4-5-17(25)24-26;;/h1-5,8,10-11,20,26H,6-7,9,12H2,(H,22,23)(H,24,25);2*1H/b5-4+;;/t18-;;/m0../s1. The predicted molar refractivity (Wildman–Crippen MR) is 109 cm³/mol. The number of aromatic nitrogens is 2. The molecule has 0 aliphatic carbocycles. The van der Waals surface area contributed by atoms with E-state index in [1.54, 1.807) is 18.3 Å². The van der Waals surface area contributed by atoms with Gasteiger partial charge in [-0.1, -0.05) is 12.1 Å². The monoisotopic (exact) mass is 429 g/mol. The highest BCUT2D eigenvalue weighted by molar-refractivity contribution is 5.90. The van der Waals surface area contributed by atoms with Gasteiger partial charge in [-0.3, -0.25) is 15.0 Å². The van der Waals surface area contributed by atoms with E-state index in [0.29, 0.717) is 17.9 Å². The lowest BCUT2D eigenvalue weighted by Gasteiger charge is -2.30. The minimum atomic E-state index is -0.639. The van der Waals surface area contributed by atoms with E-state index in [1.807, 2.05) is 6.07 Å². The molecule has 28 heavy (non-hydrogen) atoms. The van der Waals surface area contributed by atoms with Gasteiger partial charge in [0.1, 0.15) is 11.6 Å². The first-order valence-corrected chi connectivity index (χ1v) is 8.26. The normalized spacial score (nSPS) is 18.2. The smallest absolute Gasteiger partial charge is 0.267 e. The number of hydrogen-bond donors (Lipinski definition) is 4. The zero-order valence-corrected chi connectivity index (χ0v) is 16.5. The Bertz CT molecular complexity index is 799. The Labute approximate surface area is 174 Å². The van der Waals surface area contributed by atoms with Crippen molar-refractivity contribution in [2.75, 3.05) is 18.4 Å². The number of anilines is 1. The largest absolute Gasteiger partial charge is 0.362 e. The number of carbonyl (C=O) groups is 1. The van der Waals surface area contributed by atoms with Gasteiger partial charge in [0.05, 0.1) is 23.6 Å². The third-order valence-electron chi connectivity index (χ3n) is 4.26. The molecule has 1 aromatic heterocycles. The molecule has 3 rings (SSSR count). The van der Waals surface area contributed by atoms with Crippen LogP contribution in [0.25, 0.3) is 6.08 Å². The van der Waals surface area contributed by atoms with Crippen LogP contribution in [-0.2, 0) is 11.2 Å². The Morgan fingerprint density at radius 2 is 2.14 bits per heavy atom. The van der Waals surface area contributed by atoms with Gasteiger partial charge >= 0.3 is 0 Å². The van der Waals surface area contributed by atoms with Crippen LogP contribution in [0.4, 0.5) is 10.2 Å². The van der Waals surface area contributed by atoms with E-state index in [9.17, 15) is 9.18 Å².